The largest absolute Gasteiger partial charge is 0.508 e. The van der Waals surface area contributed by atoms with E-state index in [1.165, 1.54) is 16.5 Å². The number of Topliss-reactive ketones (excluding diaryl/α,β-unsaturated/α-hetero) is 2. The molecule has 3 aromatic carbocycles. The molecule has 4 atom stereocenters. The molecule has 0 aromatic heterocycles. The number of likely N-dealkylation sites (N-methyl/N-ethyl adjacent to an activating group) is 1. The minimum Gasteiger partial charge on any atom is -0.508 e. The second-order valence-corrected chi connectivity index (χ2v) is 13.5. The van der Waals surface area contributed by atoms with Crippen LogP contribution in [0.3, 0.4) is 0 Å². The maximum absolute atomic E-state index is 14.2. The number of carbonyl (C=O) groups excluding carboxylic acids is 3. The van der Waals surface area contributed by atoms with E-state index < -0.39 is 58.0 Å². The number of phenols is 1. The highest BCUT2D eigenvalue weighted by molar-refractivity contribution is 6.24. The van der Waals surface area contributed by atoms with Crippen molar-refractivity contribution in [2.45, 2.75) is 57.7 Å². The Balaban J connectivity index is 1.51. The van der Waals surface area contributed by atoms with Crippen LogP contribution in [0, 0.1) is 11.8 Å². The third-order valence-corrected chi connectivity index (χ3v) is 10.4. The lowest BCUT2D eigenvalue weighted by Crippen LogP contribution is -2.65. The predicted octanol–water partition coefficient (Wildman–Crippen LogP) is 4.41. The first-order valence-electron chi connectivity index (χ1n) is 16.6. The van der Waals surface area contributed by atoms with Crippen LogP contribution in [-0.2, 0) is 27.3 Å². The molecule has 3 aromatic rings. The number of phenolic OH excluding ortho intramolecular Hbond substituents is 1. The monoisotopic (exact) mass is 653 g/mol. The van der Waals surface area contributed by atoms with Crippen molar-refractivity contribution in [1.82, 2.24) is 9.80 Å². The van der Waals surface area contributed by atoms with Crippen LogP contribution < -0.4 is 5.73 Å². The molecule has 0 bridgehead atoms. The van der Waals surface area contributed by atoms with Crippen LogP contribution in [0.25, 0.3) is 27.7 Å². The van der Waals surface area contributed by atoms with Crippen LogP contribution in [0.5, 0.6) is 5.75 Å². The number of fused-ring (bicyclic) bond motifs is 4. The average Bonchev–Trinajstić information content (AvgIpc) is 3.03. The van der Waals surface area contributed by atoms with Crippen molar-refractivity contribution in [2.75, 3.05) is 27.2 Å². The first-order chi connectivity index (χ1) is 22.9. The molecule has 10 nitrogen and oxygen atoms in total. The minimum absolute atomic E-state index is 0.0330. The van der Waals surface area contributed by atoms with E-state index in [-0.39, 0.29) is 29.7 Å². The zero-order valence-electron chi connectivity index (χ0n) is 27.8. The van der Waals surface area contributed by atoms with Gasteiger partial charge in [0.2, 0.25) is 5.78 Å². The van der Waals surface area contributed by atoms with E-state index in [0.29, 0.717) is 5.56 Å². The Kier molecular flexibility index (Phi) is 8.70. The van der Waals surface area contributed by atoms with Gasteiger partial charge in [-0.05, 0) is 97.9 Å². The van der Waals surface area contributed by atoms with Gasteiger partial charge in [-0.1, -0.05) is 56.3 Å². The normalized spacial score (nSPS) is 23.9. The fraction of sp³-hybridized carbons (Fsp3) is 0.395. The third kappa shape index (κ3) is 5.01. The van der Waals surface area contributed by atoms with Crippen molar-refractivity contribution < 1.29 is 34.8 Å². The molecule has 6 rings (SSSR count). The van der Waals surface area contributed by atoms with Crippen molar-refractivity contribution in [3.63, 3.8) is 0 Å². The summed E-state index contributed by atoms with van der Waals surface area (Å²) in [4.78, 5) is 43.9. The zero-order valence-corrected chi connectivity index (χ0v) is 27.8. The molecule has 48 heavy (non-hydrogen) atoms. The van der Waals surface area contributed by atoms with E-state index >= 15 is 0 Å². The Morgan fingerprint density at radius 1 is 0.938 bits per heavy atom. The summed E-state index contributed by atoms with van der Waals surface area (Å²) in [5.74, 6) is -6.68. The molecule has 1 saturated carbocycles. The number of hydrogen-bond donors (Lipinski definition) is 5. The van der Waals surface area contributed by atoms with Gasteiger partial charge in [0, 0.05) is 18.0 Å². The van der Waals surface area contributed by atoms with Gasteiger partial charge in [-0.25, -0.2) is 0 Å². The number of primary amides is 1. The fourth-order valence-electron chi connectivity index (χ4n) is 8.37. The van der Waals surface area contributed by atoms with Crippen molar-refractivity contribution in [3.05, 3.63) is 82.1 Å². The number of carbonyl (C=O) groups is 3. The Hall–Kier alpha value is -4.51. The minimum atomic E-state index is -2.67. The number of aliphatic hydroxyl groups is 3. The summed E-state index contributed by atoms with van der Waals surface area (Å²) < 4.78 is 0. The van der Waals surface area contributed by atoms with Gasteiger partial charge in [0.1, 0.15) is 22.8 Å². The predicted molar refractivity (Wildman–Crippen MR) is 183 cm³/mol. The molecule has 0 aliphatic heterocycles. The highest BCUT2D eigenvalue weighted by atomic mass is 16.3. The number of aliphatic hydroxyl groups excluding tert-OH is 2. The van der Waals surface area contributed by atoms with E-state index in [1.807, 2.05) is 18.2 Å². The number of benzene rings is 3. The van der Waals surface area contributed by atoms with E-state index in [4.69, 9.17) is 5.73 Å². The Morgan fingerprint density at radius 2 is 1.58 bits per heavy atom. The highest BCUT2D eigenvalue weighted by Crippen LogP contribution is 2.54. The van der Waals surface area contributed by atoms with Crippen molar-refractivity contribution in [1.29, 1.82) is 0 Å². The van der Waals surface area contributed by atoms with Crippen LogP contribution in [0.4, 0.5) is 0 Å². The van der Waals surface area contributed by atoms with Gasteiger partial charge >= 0.3 is 0 Å². The maximum atomic E-state index is 14.2. The summed E-state index contributed by atoms with van der Waals surface area (Å²) >= 11 is 0. The van der Waals surface area contributed by atoms with Gasteiger partial charge in [0.15, 0.2) is 11.4 Å². The van der Waals surface area contributed by atoms with Gasteiger partial charge < -0.3 is 26.2 Å². The van der Waals surface area contributed by atoms with Crippen LogP contribution in [0.2, 0.25) is 0 Å². The lowest BCUT2D eigenvalue weighted by Gasteiger charge is -2.50. The molecule has 0 spiro atoms. The third-order valence-electron chi connectivity index (χ3n) is 10.4. The number of nitrogens with zero attached hydrogens (tertiary/aromatic N) is 2. The van der Waals surface area contributed by atoms with E-state index in [1.54, 1.807) is 14.1 Å². The zero-order chi connectivity index (χ0) is 34.7. The standard InChI is InChI=1S/C38H43N3O7/c1-5-15-41(16-6-2)19-20-11-12-24(23-10-8-7-9-22(20)23)25-13-14-28(42)30-26(25)17-21-18-27-32(40(3)4)34(44)31(37(39)47)36(46)38(27,48)35(45)29(21)33(30)43/h7-14,21,27,32,42-43,46,48H,5-6,15-19H2,1-4H3,(H2,39,47)/t21-,27-,32-,38-/m1/s1. The molecule has 252 valence electrons. The first kappa shape index (κ1) is 33.4. The molecule has 1 fully saturated rings. The molecule has 10 heteroatoms. The topological polar surface area (TPSA) is 165 Å². The summed E-state index contributed by atoms with van der Waals surface area (Å²) in [6.45, 7) is 7.16. The number of hydrogen-bond acceptors (Lipinski definition) is 9. The molecule has 0 heterocycles. The summed E-state index contributed by atoms with van der Waals surface area (Å²) in [6.07, 6.45) is 2.37. The van der Waals surface area contributed by atoms with Crippen molar-refractivity contribution in [3.8, 4) is 16.9 Å². The summed E-state index contributed by atoms with van der Waals surface area (Å²) in [6, 6.07) is 14.5. The van der Waals surface area contributed by atoms with E-state index in [2.05, 4.69) is 43.0 Å². The summed E-state index contributed by atoms with van der Waals surface area (Å²) in [5.41, 5.74) is 5.37. The number of nitrogens with two attached hydrogens (primary N) is 1. The molecule has 1 amide bonds. The Morgan fingerprint density at radius 3 is 2.21 bits per heavy atom. The second kappa shape index (κ2) is 12.5. The lowest BCUT2D eigenvalue weighted by atomic mass is 9.57. The van der Waals surface area contributed by atoms with E-state index in [9.17, 15) is 34.8 Å². The average molecular weight is 654 g/mol. The van der Waals surface area contributed by atoms with E-state index in [0.717, 1.165) is 54.4 Å². The molecule has 3 aliphatic rings. The Bertz CT molecular complexity index is 1910. The molecular formula is C38H43N3O7. The quantitative estimate of drug-likeness (QED) is 0.211. The SMILES string of the molecule is CCCN(CCC)Cc1ccc(-c2ccc(O)c3c2C[C@@H]2C[C@@H]4[C@@H](N(C)C)C(=O)C(C(N)=O)=C(O)[C@]4(O)C(=O)C2=C3O)c2ccccc12. The maximum Gasteiger partial charge on any atom is 0.255 e. The molecular weight excluding hydrogens is 610 g/mol. The fourth-order valence-corrected chi connectivity index (χ4v) is 8.37. The smallest absolute Gasteiger partial charge is 0.255 e. The van der Waals surface area contributed by atoms with Crippen LogP contribution in [0.15, 0.2) is 65.4 Å². The number of amides is 1. The number of ketones is 2. The van der Waals surface area contributed by atoms with Gasteiger partial charge in [0.25, 0.3) is 5.91 Å². The lowest BCUT2D eigenvalue weighted by molar-refractivity contribution is -0.153. The molecule has 0 saturated heterocycles. The molecule has 6 N–H and O–H groups in total. The van der Waals surface area contributed by atoms with Gasteiger partial charge in [-0.2, -0.15) is 0 Å². The van der Waals surface area contributed by atoms with Crippen LogP contribution in [0.1, 0.15) is 49.8 Å². The number of aromatic hydroxyl groups is 1. The Labute approximate surface area is 279 Å². The first-order valence-corrected chi connectivity index (χ1v) is 16.6. The highest BCUT2D eigenvalue weighted by Gasteiger charge is 2.64. The number of rotatable bonds is 9. The van der Waals surface area contributed by atoms with Crippen LogP contribution in [-0.4, -0.2) is 86.5 Å². The second-order valence-electron chi connectivity index (χ2n) is 13.5. The van der Waals surface area contributed by atoms with Gasteiger partial charge in [-0.15, -0.1) is 0 Å². The van der Waals surface area contributed by atoms with Crippen molar-refractivity contribution in [2.24, 2.45) is 17.6 Å². The molecule has 3 aliphatic carbocycles. The van der Waals surface area contributed by atoms with Crippen molar-refractivity contribution >= 4 is 34.0 Å². The van der Waals surface area contributed by atoms with Crippen LogP contribution >= 0.6 is 0 Å². The molecule has 0 unspecified atom stereocenters. The summed E-state index contributed by atoms with van der Waals surface area (Å²) in [7, 11) is 3.17. The van der Waals surface area contributed by atoms with Gasteiger partial charge in [-0.3, -0.25) is 24.2 Å². The summed E-state index contributed by atoms with van der Waals surface area (Å²) in [5, 5.41) is 48.0. The molecule has 0 radical (unpaired) electrons. The van der Waals surface area contributed by atoms with Gasteiger partial charge in [0.05, 0.1) is 11.6 Å².